The molecule has 0 radical (unpaired) electrons. The molecular formula is C28H25N3O3S2. The van der Waals surface area contributed by atoms with Crippen LogP contribution in [0.5, 0.6) is 0 Å². The van der Waals surface area contributed by atoms with Gasteiger partial charge in [0.1, 0.15) is 12.3 Å². The Bertz CT molecular complexity index is 1430. The Kier molecular flexibility index (Phi) is 5.93. The summed E-state index contributed by atoms with van der Waals surface area (Å²) in [4.78, 5) is 39.5. The number of hydrogen-bond donors (Lipinski definition) is 0. The number of likely N-dealkylation sites (tertiary alicyclic amines) is 1. The zero-order chi connectivity index (χ0) is 24.8. The molecule has 6 rings (SSSR count). The molecule has 36 heavy (non-hydrogen) atoms. The third-order valence-electron chi connectivity index (χ3n) is 6.89. The summed E-state index contributed by atoms with van der Waals surface area (Å²) in [6.07, 6.45) is 1.07. The molecule has 4 aromatic rings. The van der Waals surface area contributed by atoms with E-state index in [0.29, 0.717) is 29.8 Å². The van der Waals surface area contributed by atoms with Crippen LogP contribution in [0.3, 0.4) is 0 Å². The number of nitrogens with zero attached hydrogens (tertiary/aromatic N) is 3. The minimum absolute atomic E-state index is 0.0825. The van der Waals surface area contributed by atoms with Gasteiger partial charge in [-0.05, 0) is 43.2 Å². The number of ether oxygens (including phenoxy) is 1. The van der Waals surface area contributed by atoms with Gasteiger partial charge in [0.25, 0.3) is 5.91 Å². The molecule has 2 aromatic carbocycles. The van der Waals surface area contributed by atoms with Crippen molar-refractivity contribution in [2.45, 2.75) is 26.3 Å². The van der Waals surface area contributed by atoms with Crippen molar-refractivity contribution in [3.8, 4) is 20.9 Å². The van der Waals surface area contributed by atoms with Crippen LogP contribution in [0.4, 0.5) is 0 Å². The van der Waals surface area contributed by atoms with E-state index >= 15 is 0 Å². The van der Waals surface area contributed by atoms with Crippen LogP contribution in [0.1, 0.15) is 37.4 Å². The Morgan fingerprint density at radius 3 is 2.06 bits per heavy atom. The smallest absolute Gasteiger partial charge is 0.358 e. The molecule has 2 fully saturated rings. The molecule has 3 atom stereocenters. The summed E-state index contributed by atoms with van der Waals surface area (Å²) in [7, 11) is 0. The highest BCUT2D eigenvalue weighted by Gasteiger charge is 2.55. The fourth-order valence-corrected chi connectivity index (χ4v) is 6.92. The summed E-state index contributed by atoms with van der Waals surface area (Å²) in [6.45, 7) is 4.66. The lowest BCUT2D eigenvalue weighted by Crippen LogP contribution is -2.42. The molecule has 0 spiro atoms. The first kappa shape index (κ1) is 23.1. The molecule has 2 aliphatic rings. The number of benzene rings is 2. The van der Waals surface area contributed by atoms with E-state index in [1.807, 2.05) is 79.4 Å². The monoisotopic (exact) mass is 515 g/mol. The van der Waals surface area contributed by atoms with Crippen molar-refractivity contribution in [2.24, 2.45) is 11.8 Å². The van der Waals surface area contributed by atoms with Crippen molar-refractivity contribution in [3.05, 3.63) is 82.1 Å². The molecular weight excluding hydrogens is 490 g/mol. The predicted octanol–water partition coefficient (Wildman–Crippen LogP) is 5.87. The Morgan fingerprint density at radius 2 is 1.44 bits per heavy atom. The maximum Gasteiger partial charge on any atom is 0.358 e. The van der Waals surface area contributed by atoms with Gasteiger partial charge in [0, 0.05) is 6.54 Å². The first-order valence-electron chi connectivity index (χ1n) is 12.0. The van der Waals surface area contributed by atoms with E-state index in [-0.39, 0.29) is 18.6 Å². The van der Waals surface area contributed by atoms with Crippen molar-refractivity contribution in [1.29, 1.82) is 0 Å². The van der Waals surface area contributed by atoms with Crippen LogP contribution in [-0.2, 0) is 4.74 Å². The quantitative estimate of drug-likeness (QED) is 0.301. The van der Waals surface area contributed by atoms with Gasteiger partial charge in [-0.15, -0.1) is 22.7 Å². The van der Waals surface area contributed by atoms with Gasteiger partial charge in [-0.2, -0.15) is 0 Å². The minimum atomic E-state index is -0.441. The third-order valence-corrected chi connectivity index (χ3v) is 8.92. The Hall–Kier alpha value is -3.36. The summed E-state index contributed by atoms with van der Waals surface area (Å²) in [5, 5.41) is 1.67. The SMILES string of the molecule is Cc1nc(C(=O)OCC2C3CC3CN2C(=O)c2nc(C)sc2-c2ccccc2)c(-c2ccccc2)s1. The summed E-state index contributed by atoms with van der Waals surface area (Å²) >= 11 is 3.02. The number of aryl methyl sites for hydroxylation is 2. The van der Waals surface area contributed by atoms with Gasteiger partial charge in [-0.25, -0.2) is 14.8 Å². The zero-order valence-electron chi connectivity index (χ0n) is 20.0. The molecule has 1 aliphatic carbocycles. The van der Waals surface area contributed by atoms with Gasteiger partial charge in [-0.3, -0.25) is 4.79 Å². The van der Waals surface area contributed by atoms with Crippen LogP contribution >= 0.6 is 22.7 Å². The molecule has 1 aliphatic heterocycles. The lowest BCUT2D eigenvalue weighted by Gasteiger charge is -2.27. The number of hydrogen-bond acceptors (Lipinski definition) is 7. The lowest BCUT2D eigenvalue weighted by molar-refractivity contribution is 0.0331. The number of amides is 1. The highest BCUT2D eigenvalue weighted by atomic mass is 32.1. The molecule has 1 saturated carbocycles. The van der Waals surface area contributed by atoms with Crippen molar-refractivity contribution in [1.82, 2.24) is 14.9 Å². The van der Waals surface area contributed by atoms with Crippen molar-refractivity contribution in [2.75, 3.05) is 13.2 Å². The number of carbonyl (C=O) groups is 2. The van der Waals surface area contributed by atoms with Gasteiger partial charge in [0.2, 0.25) is 0 Å². The molecule has 6 nitrogen and oxygen atoms in total. The second kappa shape index (κ2) is 9.26. The molecule has 3 unspecified atom stereocenters. The van der Waals surface area contributed by atoms with Gasteiger partial charge in [0.05, 0.1) is 25.8 Å². The second-order valence-corrected chi connectivity index (χ2v) is 11.7. The highest BCUT2D eigenvalue weighted by Crippen LogP contribution is 2.50. The number of piperidine rings is 1. The Labute approximate surface area is 217 Å². The third kappa shape index (κ3) is 4.24. The topological polar surface area (TPSA) is 72.4 Å². The maximum absolute atomic E-state index is 13.7. The summed E-state index contributed by atoms with van der Waals surface area (Å²) in [5.41, 5.74) is 2.77. The molecule has 0 bridgehead atoms. The minimum Gasteiger partial charge on any atom is -0.459 e. The molecule has 0 N–H and O–H groups in total. The number of fused-ring (bicyclic) bond motifs is 1. The van der Waals surface area contributed by atoms with E-state index in [1.165, 1.54) is 22.7 Å². The molecule has 1 saturated heterocycles. The van der Waals surface area contributed by atoms with E-state index < -0.39 is 5.97 Å². The first-order valence-corrected chi connectivity index (χ1v) is 13.7. The van der Waals surface area contributed by atoms with Crippen molar-refractivity contribution >= 4 is 34.6 Å². The predicted molar refractivity (Wildman–Crippen MR) is 141 cm³/mol. The average Bonchev–Trinajstić information content (AvgIpc) is 3.21. The standard InChI is InChI=1S/C28H25N3O3S2/c1-16-29-23(25(35-16)18-9-5-3-6-10-18)27(32)31-14-20-13-21(20)22(31)15-34-28(33)24-26(36-17(2)30-24)19-11-7-4-8-12-19/h3-12,20-22H,13-15H2,1-2H3. The van der Waals surface area contributed by atoms with Crippen LogP contribution in [0, 0.1) is 25.7 Å². The number of rotatable bonds is 6. The Morgan fingerprint density at radius 1 is 0.889 bits per heavy atom. The van der Waals surface area contributed by atoms with Gasteiger partial charge in [0.15, 0.2) is 5.69 Å². The summed E-state index contributed by atoms with van der Waals surface area (Å²) in [5.74, 6) is 0.316. The van der Waals surface area contributed by atoms with Crippen LogP contribution in [0.2, 0.25) is 0 Å². The average molecular weight is 516 g/mol. The van der Waals surface area contributed by atoms with Crippen molar-refractivity contribution < 1.29 is 14.3 Å². The normalized spacial score (nSPS) is 20.3. The van der Waals surface area contributed by atoms with Crippen molar-refractivity contribution in [3.63, 3.8) is 0 Å². The molecule has 1 amide bonds. The number of carbonyl (C=O) groups excluding carboxylic acids is 2. The van der Waals surface area contributed by atoms with Crippen LogP contribution in [0.25, 0.3) is 20.9 Å². The second-order valence-electron chi connectivity index (χ2n) is 9.34. The fourth-order valence-electron chi connectivity index (χ4n) is 5.09. The molecule has 182 valence electrons. The Balaban J connectivity index is 1.21. The van der Waals surface area contributed by atoms with Gasteiger partial charge < -0.3 is 9.64 Å². The van der Waals surface area contributed by atoms with Crippen LogP contribution in [0.15, 0.2) is 60.7 Å². The van der Waals surface area contributed by atoms with E-state index in [9.17, 15) is 9.59 Å². The highest BCUT2D eigenvalue weighted by molar-refractivity contribution is 7.15. The number of aromatic nitrogens is 2. The van der Waals surface area contributed by atoms with Crippen LogP contribution in [-0.4, -0.2) is 45.9 Å². The van der Waals surface area contributed by atoms with Gasteiger partial charge >= 0.3 is 5.97 Å². The summed E-state index contributed by atoms with van der Waals surface area (Å²) < 4.78 is 5.81. The number of esters is 1. The zero-order valence-corrected chi connectivity index (χ0v) is 21.6. The molecule has 2 aromatic heterocycles. The fraction of sp³-hybridized carbons (Fsp3) is 0.286. The van der Waals surface area contributed by atoms with E-state index in [0.717, 1.165) is 37.3 Å². The van der Waals surface area contributed by atoms with E-state index in [4.69, 9.17) is 4.74 Å². The van der Waals surface area contributed by atoms with E-state index in [2.05, 4.69) is 9.97 Å². The lowest BCUT2D eigenvalue weighted by atomic mass is 10.1. The summed E-state index contributed by atoms with van der Waals surface area (Å²) in [6, 6.07) is 19.5. The largest absolute Gasteiger partial charge is 0.459 e. The maximum atomic E-state index is 13.7. The number of thiazole rings is 2. The van der Waals surface area contributed by atoms with Crippen LogP contribution < -0.4 is 0 Å². The van der Waals surface area contributed by atoms with E-state index in [1.54, 1.807) is 0 Å². The first-order chi connectivity index (χ1) is 17.5. The molecule has 3 heterocycles. The van der Waals surface area contributed by atoms with Gasteiger partial charge in [-0.1, -0.05) is 60.7 Å². The molecule has 8 heteroatoms.